The first kappa shape index (κ1) is 8.96. The summed E-state index contributed by atoms with van der Waals surface area (Å²) >= 11 is 1.27. The fraction of sp³-hybridized carbons (Fsp3) is 0.111. The molecule has 0 atom stereocenters. The molecule has 0 bridgehead atoms. The number of nitrogens with one attached hydrogen (secondary N) is 1. The third-order valence-electron chi connectivity index (χ3n) is 1.62. The summed E-state index contributed by atoms with van der Waals surface area (Å²) in [6.07, 6.45) is 0. The van der Waals surface area contributed by atoms with E-state index < -0.39 is 0 Å². The highest BCUT2D eigenvalue weighted by molar-refractivity contribution is 7.09. The van der Waals surface area contributed by atoms with Gasteiger partial charge in [0.1, 0.15) is 0 Å². The normalized spacial score (nSPS) is 9.79. The second-order valence-electron chi connectivity index (χ2n) is 2.58. The summed E-state index contributed by atoms with van der Waals surface area (Å²) in [7, 11) is 1.55. The molecule has 2 aromatic rings. The van der Waals surface area contributed by atoms with Gasteiger partial charge in [0.25, 0.3) is 0 Å². The number of hydrogen-bond donors (Lipinski definition) is 1. The quantitative estimate of drug-likeness (QED) is 0.838. The van der Waals surface area contributed by atoms with Gasteiger partial charge < -0.3 is 10.1 Å². The lowest BCUT2D eigenvalue weighted by Crippen LogP contribution is -1.89. The first-order chi connectivity index (χ1) is 6.88. The number of nitrogens with zero attached hydrogens (tertiary/aromatic N) is 2. The van der Waals surface area contributed by atoms with E-state index >= 15 is 0 Å². The number of ether oxygens (including phenoxy) is 1. The van der Waals surface area contributed by atoms with Crippen molar-refractivity contribution in [1.29, 1.82) is 0 Å². The third kappa shape index (κ3) is 2.00. The lowest BCUT2D eigenvalue weighted by molar-refractivity contribution is 0.386. The van der Waals surface area contributed by atoms with Crippen LogP contribution in [0.3, 0.4) is 0 Å². The minimum absolute atomic E-state index is 0.397. The highest BCUT2D eigenvalue weighted by Crippen LogP contribution is 2.20. The summed E-state index contributed by atoms with van der Waals surface area (Å²) in [6.45, 7) is 0. The molecule has 5 heteroatoms. The van der Waals surface area contributed by atoms with Crippen molar-refractivity contribution in [2.45, 2.75) is 0 Å². The molecule has 0 saturated carbocycles. The van der Waals surface area contributed by atoms with Crippen LogP contribution < -0.4 is 10.1 Å². The maximum Gasteiger partial charge on any atom is 0.329 e. The van der Waals surface area contributed by atoms with E-state index in [1.54, 1.807) is 7.11 Å². The second-order valence-corrected chi connectivity index (χ2v) is 3.33. The van der Waals surface area contributed by atoms with E-state index in [9.17, 15) is 0 Å². The predicted molar refractivity (Wildman–Crippen MR) is 56.2 cm³/mol. The van der Waals surface area contributed by atoms with E-state index in [2.05, 4.69) is 14.7 Å². The molecule has 1 aromatic heterocycles. The highest BCUT2D eigenvalue weighted by Gasteiger charge is 2.02. The van der Waals surface area contributed by atoms with Crippen molar-refractivity contribution < 1.29 is 4.74 Å². The highest BCUT2D eigenvalue weighted by atomic mass is 32.1. The van der Waals surface area contributed by atoms with E-state index in [4.69, 9.17) is 4.74 Å². The van der Waals surface area contributed by atoms with Gasteiger partial charge in [-0.2, -0.15) is 4.98 Å². The molecule has 0 aliphatic rings. The minimum Gasteiger partial charge on any atom is -0.466 e. The van der Waals surface area contributed by atoms with Crippen LogP contribution in [0.1, 0.15) is 0 Å². The summed E-state index contributed by atoms with van der Waals surface area (Å²) in [5.74, 6) is 0. The van der Waals surface area contributed by atoms with Crippen LogP contribution in [0.4, 0.5) is 10.8 Å². The van der Waals surface area contributed by atoms with Crippen LogP contribution in [0, 0.1) is 0 Å². The Morgan fingerprint density at radius 3 is 2.71 bits per heavy atom. The summed E-state index contributed by atoms with van der Waals surface area (Å²) in [4.78, 5) is 4.10. The smallest absolute Gasteiger partial charge is 0.329 e. The van der Waals surface area contributed by atoms with Gasteiger partial charge in [0, 0.05) is 17.2 Å². The average Bonchev–Trinajstić information content (AvgIpc) is 2.67. The van der Waals surface area contributed by atoms with Gasteiger partial charge in [-0.1, -0.05) is 18.2 Å². The summed E-state index contributed by atoms with van der Waals surface area (Å²) < 4.78 is 8.86. The van der Waals surface area contributed by atoms with Crippen LogP contribution in [-0.4, -0.2) is 16.5 Å². The van der Waals surface area contributed by atoms with Crippen molar-refractivity contribution in [1.82, 2.24) is 9.36 Å². The van der Waals surface area contributed by atoms with Crippen LogP contribution in [0.5, 0.6) is 6.01 Å². The first-order valence-electron chi connectivity index (χ1n) is 4.08. The van der Waals surface area contributed by atoms with Gasteiger partial charge in [0.15, 0.2) is 0 Å². The van der Waals surface area contributed by atoms with Gasteiger partial charge in [-0.25, -0.2) is 0 Å². The zero-order valence-electron chi connectivity index (χ0n) is 7.60. The number of para-hydroxylation sites is 1. The van der Waals surface area contributed by atoms with Crippen molar-refractivity contribution in [3.8, 4) is 6.01 Å². The maximum absolute atomic E-state index is 4.88. The van der Waals surface area contributed by atoms with Gasteiger partial charge in [0.05, 0.1) is 7.11 Å². The van der Waals surface area contributed by atoms with E-state index in [1.807, 2.05) is 30.3 Å². The Bertz CT molecular complexity index is 401. The largest absolute Gasteiger partial charge is 0.466 e. The lowest BCUT2D eigenvalue weighted by atomic mass is 10.3. The van der Waals surface area contributed by atoms with Gasteiger partial charge in [-0.3, -0.25) is 0 Å². The fourth-order valence-electron chi connectivity index (χ4n) is 0.989. The summed E-state index contributed by atoms with van der Waals surface area (Å²) in [5.41, 5.74) is 0.992. The summed E-state index contributed by atoms with van der Waals surface area (Å²) in [6, 6.07) is 10.2. The molecule has 1 N–H and O–H groups in total. The molecule has 4 nitrogen and oxygen atoms in total. The fourth-order valence-corrected chi connectivity index (χ4v) is 1.55. The van der Waals surface area contributed by atoms with Gasteiger partial charge in [-0.05, 0) is 12.1 Å². The molecule has 0 spiro atoms. The topological polar surface area (TPSA) is 47.0 Å². The molecule has 14 heavy (non-hydrogen) atoms. The first-order valence-corrected chi connectivity index (χ1v) is 4.85. The lowest BCUT2D eigenvalue weighted by Gasteiger charge is -1.99. The molecular formula is C9H9N3OS. The standard InChI is InChI=1S/C9H9N3OS/c1-13-8-11-9(14-12-8)10-7-5-3-2-4-6-7/h2-6H,1H3,(H,10,11,12). The van der Waals surface area contributed by atoms with Crippen LogP contribution in [0.15, 0.2) is 30.3 Å². The Morgan fingerprint density at radius 2 is 2.07 bits per heavy atom. The monoisotopic (exact) mass is 207 g/mol. The Hall–Kier alpha value is -1.62. The second kappa shape index (κ2) is 4.06. The van der Waals surface area contributed by atoms with E-state index in [0.717, 1.165) is 10.8 Å². The molecular weight excluding hydrogens is 198 g/mol. The molecule has 0 radical (unpaired) electrons. The SMILES string of the molecule is COc1nsc(Nc2ccccc2)n1. The molecule has 1 aromatic carbocycles. The zero-order chi connectivity index (χ0) is 9.80. The molecule has 0 amide bonds. The predicted octanol–water partition coefficient (Wildman–Crippen LogP) is 2.29. The van der Waals surface area contributed by atoms with E-state index in [1.165, 1.54) is 11.5 Å². The van der Waals surface area contributed by atoms with E-state index in [-0.39, 0.29) is 0 Å². The Labute approximate surface area is 85.7 Å². The molecule has 1 heterocycles. The van der Waals surface area contributed by atoms with Crippen LogP contribution in [0.2, 0.25) is 0 Å². The van der Waals surface area contributed by atoms with Gasteiger partial charge in [0.2, 0.25) is 5.13 Å². The van der Waals surface area contributed by atoms with Gasteiger partial charge >= 0.3 is 6.01 Å². The Morgan fingerprint density at radius 1 is 1.29 bits per heavy atom. The number of hydrogen-bond acceptors (Lipinski definition) is 5. The van der Waals surface area contributed by atoms with E-state index in [0.29, 0.717) is 6.01 Å². The van der Waals surface area contributed by atoms with Crippen LogP contribution >= 0.6 is 11.5 Å². The maximum atomic E-state index is 4.88. The van der Waals surface area contributed by atoms with Crippen molar-refractivity contribution in [3.05, 3.63) is 30.3 Å². The number of benzene rings is 1. The number of rotatable bonds is 3. The molecule has 0 aliphatic heterocycles. The molecule has 2 rings (SSSR count). The number of methoxy groups -OCH3 is 1. The minimum atomic E-state index is 0.397. The average molecular weight is 207 g/mol. The van der Waals surface area contributed by atoms with Crippen molar-refractivity contribution in [3.63, 3.8) is 0 Å². The Kier molecular flexibility index (Phi) is 2.60. The van der Waals surface area contributed by atoms with Crippen molar-refractivity contribution in [2.75, 3.05) is 12.4 Å². The molecule has 0 aliphatic carbocycles. The molecule has 0 fully saturated rings. The van der Waals surface area contributed by atoms with Crippen LogP contribution in [-0.2, 0) is 0 Å². The molecule has 72 valence electrons. The van der Waals surface area contributed by atoms with Crippen molar-refractivity contribution >= 4 is 22.4 Å². The Balaban J connectivity index is 2.11. The molecule has 0 saturated heterocycles. The number of anilines is 2. The third-order valence-corrected chi connectivity index (χ3v) is 2.23. The zero-order valence-corrected chi connectivity index (χ0v) is 8.41. The van der Waals surface area contributed by atoms with Crippen LogP contribution in [0.25, 0.3) is 0 Å². The summed E-state index contributed by atoms with van der Waals surface area (Å²) in [5, 5.41) is 3.85. The number of aromatic nitrogens is 2. The van der Waals surface area contributed by atoms with Crippen molar-refractivity contribution in [2.24, 2.45) is 0 Å². The van der Waals surface area contributed by atoms with Gasteiger partial charge in [-0.15, -0.1) is 4.37 Å². The molecule has 0 unspecified atom stereocenters.